The number of hydrogen-bond acceptors (Lipinski definition) is 5. The van der Waals surface area contributed by atoms with E-state index in [1.165, 1.54) is 6.20 Å². The zero-order chi connectivity index (χ0) is 21.0. The second-order valence-electron chi connectivity index (χ2n) is 6.33. The van der Waals surface area contributed by atoms with Crippen molar-refractivity contribution < 1.29 is 9.53 Å². The van der Waals surface area contributed by atoms with E-state index in [-0.39, 0.29) is 6.61 Å². The lowest BCUT2D eigenvalue weighted by Crippen LogP contribution is -2.12. The SMILES string of the molecule is CCOC(=O)c1cnc2c(CC)cc(C#N)cc2c1NCc1cccc(Cl)c1Cl. The second-order valence-corrected chi connectivity index (χ2v) is 7.12. The predicted octanol–water partition coefficient (Wildman–Crippen LogP) is 5.76. The third-order valence-electron chi connectivity index (χ3n) is 4.54. The number of esters is 1. The number of carbonyl (C=O) groups is 1. The summed E-state index contributed by atoms with van der Waals surface area (Å²) < 4.78 is 5.19. The van der Waals surface area contributed by atoms with Gasteiger partial charge in [0, 0.05) is 18.1 Å². The summed E-state index contributed by atoms with van der Waals surface area (Å²) in [6.45, 7) is 4.32. The number of nitrogens with zero attached hydrogens (tertiary/aromatic N) is 2. The third kappa shape index (κ3) is 4.29. The lowest BCUT2D eigenvalue weighted by atomic mass is 10.0. The number of rotatable bonds is 6. The Morgan fingerprint density at radius 3 is 2.72 bits per heavy atom. The Morgan fingerprint density at radius 2 is 2.03 bits per heavy atom. The van der Waals surface area contributed by atoms with Gasteiger partial charge in [-0.05, 0) is 42.7 Å². The highest BCUT2D eigenvalue weighted by Crippen LogP contribution is 2.32. The van der Waals surface area contributed by atoms with E-state index >= 15 is 0 Å². The van der Waals surface area contributed by atoms with E-state index < -0.39 is 5.97 Å². The summed E-state index contributed by atoms with van der Waals surface area (Å²) in [7, 11) is 0. The third-order valence-corrected chi connectivity index (χ3v) is 5.40. The van der Waals surface area contributed by atoms with Crippen molar-refractivity contribution in [1.29, 1.82) is 5.26 Å². The molecule has 29 heavy (non-hydrogen) atoms. The first-order valence-corrected chi connectivity index (χ1v) is 9.95. The van der Waals surface area contributed by atoms with Crippen LogP contribution in [0.3, 0.4) is 0 Å². The van der Waals surface area contributed by atoms with Crippen LogP contribution in [-0.4, -0.2) is 17.6 Å². The van der Waals surface area contributed by atoms with Crippen LogP contribution in [0.15, 0.2) is 36.5 Å². The van der Waals surface area contributed by atoms with E-state index in [9.17, 15) is 10.1 Å². The van der Waals surface area contributed by atoms with Crippen molar-refractivity contribution in [3.05, 3.63) is 68.8 Å². The lowest BCUT2D eigenvalue weighted by molar-refractivity contribution is 0.0527. The fourth-order valence-electron chi connectivity index (χ4n) is 3.13. The number of nitriles is 1. The van der Waals surface area contributed by atoms with Crippen molar-refractivity contribution in [1.82, 2.24) is 4.98 Å². The van der Waals surface area contributed by atoms with Gasteiger partial charge in [0.15, 0.2) is 0 Å². The quantitative estimate of drug-likeness (QED) is 0.505. The molecule has 5 nitrogen and oxygen atoms in total. The molecule has 1 heterocycles. The van der Waals surface area contributed by atoms with Gasteiger partial charge in [-0.1, -0.05) is 42.3 Å². The summed E-state index contributed by atoms with van der Waals surface area (Å²) in [6.07, 6.45) is 2.21. The first-order valence-electron chi connectivity index (χ1n) is 9.19. The zero-order valence-corrected chi connectivity index (χ0v) is 17.6. The van der Waals surface area contributed by atoms with Crippen molar-refractivity contribution in [3.63, 3.8) is 0 Å². The number of nitrogens with one attached hydrogen (secondary N) is 1. The molecular weight excluding hydrogens is 409 g/mol. The number of halogens is 2. The number of pyridine rings is 1. The van der Waals surface area contributed by atoms with Gasteiger partial charge >= 0.3 is 5.97 Å². The van der Waals surface area contributed by atoms with Gasteiger partial charge in [0.25, 0.3) is 0 Å². The Balaban J connectivity index is 2.16. The lowest BCUT2D eigenvalue weighted by Gasteiger charge is -2.16. The number of fused-ring (bicyclic) bond motifs is 1. The van der Waals surface area contributed by atoms with E-state index in [0.29, 0.717) is 45.2 Å². The van der Waals surface area contributed by atoms with Gasteiger partial charge in [0.05, 0.1) is 39.5 Å². The minimum atomic E-state index is -0.484. The van der Waals surface area contributed by atoms with Crippen LogP contribution in [0.2, 0.25) is 10.0 Å². The highest BCUT2D eigenvalue weighted by atomic mass is 35.5. The number of aryl methyl sites for hydroxylation is 1. The minimum Gasteiger partial charge on any atom is -0.462 e. The second kappa shape index (κ2) is 9.13. The first-order chi connectivity index (χ1) is 14.0. The molecule has 0 spiro atoms. The Bertz CT molecular complexity index is 1120. The Hall–Kier alpha value is -2.81. The van der Waals surface area contributed by atoms with Crippen LogP contribution in [0, 0.1) is 11.3 Å². The predicted molar refractivity (Wildman–Crippen MR) is 116 cm³/mol. The summed E-state index contributed by atoms with van der Waals surface area (Å²) in [6, 6.07) is 11.1. The number of hydrogen-bond donors (Lipinski definition) is 1. The maximum absolute atomic E-state index is 12.5. The highest BCUT2D eigenvalue weighted by molar-refractivity contribution is 6.42. The van der Waals surface area contributed by atoms with Crippen molar-refractivity contribution in [3.8, 4) is 6.07 Å². The van der Waals surface area contributed by atoms with Gasteiger partial charge < -0.3 is 10.1 Å². The standard InChI is InChI=1S/C22H19Cl2N3O2/c1-3-14-8-13(10-25)9-16-20(14)27-12-17(22(28)29-4-2)21(16)26-11-15-6-5-7-18(23)19(15)24/h5-9,12H,3-4,11H2,1-2H3,(H,26,27). The molecule has 1 N–H and O–H groups in total. The smallest absolute Gasteiger partial charge is 0.341 e. The fourth-order valence-corrected chi connectivity index (χ4v) is 3.52. The highest BCUT2D eigenvalue weighted by Gasteiger charge is 2.19. The van der Waals surface area contributed by atoms with Gasteiger partial charge in [-0.15, -0.1) is 0 Å². The molecule has 0 saturated carbocycles. The molecule has 0 amide bonds. The number of anilines is 1. The maximum Gasteiger partial charge on any atom is 0.341 e. The monoisotopic (exact) mass is 427 g/mol. The average Bonchev–Trinajstić information content (AvgIpc) is 2.73. The molecule has 3 rings (SSSR count). The summed E-state index contributed by atoms with van der Waals surface area (Å²) in [5.74, 6) is -0.484. The molecule has 3 aromatic rings. The number of carbonyl (C=O) groups excluding carboxylic acids is 1. The van der Waals surface area contributed by atoms with E-state index in [2.05, 4.69) is 16.4 Å². The molecule has 148 valence electrons. The summed E-state index contributed by atoms with van der Waals surface area (Å²) in [5, 5.41) is 14.3. The van der Waals surface area contributed by atoms with Crippen LogP contribution in [0.5, 0.6) is 0 Å². The molecule has 0 aliphatic carbocycles. The zero-order valence-electron chi connectivity index (χ0n) is 16.1. The Kier molecular flexibility index (Phi) is 6.58. The van der Waals surface area contributed by atoms with Crippen LogP contribution in [0.25, 0.3) is 10.9 Å². The molecule has 0 aliphatic rings. The average molecular weight is 428 g/mol. The Labute approximate surface area is 179 Å². The van der Waals surface area contributed by atoms with Gasteiger partial charge in [-0.2, -0.15) is 5.26 Å². The largest absolute Gasteiger partial charge is 0.462 e. The fraction of sp³-hybridized carbons (Fsp3) is 0.227. The molecule has 0 fully saturated rings. The molecule has 7 heteroatoms. The van der Waals surface area contributed by atoms with Crippen LogP contribution in [0.1, 0.15) is 40.9 Å². The Morgan fingerprint density at radius 1 is 1.24 bits per heavy atom. The van der Waals surface area contributed by atoms with E-state index in [1.54, 1.807) is 19.1 Å². The topological polar surface area (TPSA) is 75.0 Å². The minimum absolute atomic E-state index is 0.245. The van der Waals surface area contributed by atoms with Crippen molar-refractivity contribution in [2.45, 2.75) is 26.8 Å². The normalized spacial score (nSPS) is 10.6. The number of ether oxygens (including phenoxy) is 1. The molecule has 0 atom stereocenters. The van der Waals surface area contributed by atoms with Gasteiger partial charge in [-0.25, -0.2) is 4.79 Å². The van der Waals surface area contributed by atoms with Crippen molar-refractivity contribution in [2.75, 3.05) is 11.9 Å². The first kappa shape index (κ1) is 20.9. The van der Waals surface area contributed by atoms with Crippen LogP contribution in [-0.2, 0) is 17.7 Å². The molecule has 2 aromatic carbocycles. The molecule has 0 unspecified atom stereocenters. The van der Waals surface area contributed by atoms with Crippen molar-refractivity contribution in [2.24, 2.45) is 0 Å². The maximum atomic E-state index is 12.5. The van der Waals surface area contributed by atoms with Crippen molar-refractivity contribution >= 4 is 45.8 Å². The van der Waals surface area contributed by atoms with E-state index in [1.807, 2.05) is 25.1 Å². The molecule has 0 saturated heterocycles. The molecule has 0 aliphatic heterocycles. The summed E-state index contributed by atoms with van der Waals surface area (Å²) in [4.78, 5) is 17.0. The molecule has 0 radical (unpaired) electrons. The van der Waals surface area contributed by atoms with Crippen LogP contribution in [0.4, 0.5) is 5.69 Å². The number of aromatic nitrogens is 1. The van der Waals surface area contributed by atoms with Crippen LogP contribution < -0.4 is 5.32 Å². The molecule has 0 bridgehead atoms. The molecular formula is C22H19Cl2N3O2. The van der Waals surface area contributed by atoms with E-state index in [0.717, 1.165) is 16.6 Å². The summed E-state index contributed by atoms with van der Waals surface area (Å²) in [5.41, 5.74) is 3.80. The van der Waals surface area contributed by atoms with Gasteiger partial charge in [0.2, 0.25) is 0 Å². The van der Waals surface area contributed by atoms with Gasteiger partial charge in [0.1, 0.15) is 5.56 Å². The van der Waals surface area contributed by atoms with Crippen LogP contribution >= 0.6 is 23.2 Å². The van der Waals surface area contributed by atoms with Gasteiger partial charge in [-0.3, -0.25) is 4.98 Å². The van der Waals surface area contributed by atoms with E-state index in [4.69, 9.17) is 27.9 Å². The molecule has 1 aromatic heterocycles. The summed E-state index contributed by atoms with van der Waals surface area (Å²) >= 11 is 12.4. The number of benzene rings is 2.